The highest BCUT2D eigenvalue weighted by molar-refractivity contribution is 8.00. The highest BCUT2D eigenvalue weighted by atomic mass is 32.2. The molecule has 0 aliphatic rings. The van der Waals surface area contributed by atoms with Crippen molar-refractivity contribution in [3.8, 4) is 0 Å². The van der Waals surface area contributed by atoms with E-state index < -0.39 is 0 Å². The summed E-state index contributed by atoms with van der Waals surface area (Å²) in [6.07, 6.45) is 3.37. The standard InChI is InChI=1S/C17H18N4O2S/c1-12-6-7-14(23-12)11-21-15(8-10-19-21)20-17(22)13(2)24-16-5-3-4-9-18-16/h3-10,13H,11H2,1-2H3,(H,20,22)/t13-/m1/s1. The molecule has 0 bridgehead atoms. The van der Waals surface area contributed by atoms with Crippen LogP contribution in [0.5, 0.6) is 0 Å². The van der Waals surface area contributed by atoms with Gasteiger partial charge in [0.15, 0.2) is 0 Å². The minimum absolute atomic E-state index is 0.0944. The second-order valence-electron chi connectivity index (χ2n) is 5.30. The van der Waals surface area contributed by atoms with Gasteiger partial charge in [0, 0.05) is 12.3 Å². The summed E-state index contributed by atoms with van der Waals surface area (Å²) in [7, 11) is 0. The molecule has 0 spiro atoms. The van der Waals surface area contributed by atoms with E-state index in [-0.39, 0.29) is 11.2 Å². The Kier molecular flexibility index (Phi) is 5.00. The van der Waals surface area contributed by atoms with Crippen LogP contribution in [-0.2, 0) is 11.3 Å². The van der Waals surface area contributed by atoms with Crippen molar-refractivity contribution in [3.63, 3.8) is 0 Å². The van der Waals surface area contributed by atoms with E-state index in [9.17, 15) is 4.79 Å². The summed E-state index contributed by atoms with van der Waals surface area (Å²) in [5.74, 6) is 2.19. The molecule has 0 aliphatic carbocycles. The fraction of sp³-hybridized carbons (Fsp3) is 0.235. The number of hydrogen-bond acceptors (Lipinski definition) is 5. The van der Waals surface area contributed by atoms with Crippen molar-refractivity contribution in [2.24, 2.45) is 0 Å². The molecule has 0 fully saturated rings. The second kappa shape index (κ2) is 7.35. The number of amides is 1. The number of anilines is 1. The lowest BCUT2D eigenvalue weighted by molar-refractivity contribution is -0.115. The van der Waals surface area contributed by atoms with Gasteiger partial charge in [-0.15, -0.1) is 0 Å². The zero-order chi connectivity index (χ0) is 16.9. The molecule has 24 heavy (non-hydrogen) atoms. The van der Waals surface area contributed by atoms with Crippen LogP contribution in [0.4, 0.5) is 5.82 Å². The Labute approximate surface area is 144 Å². The monoisotopic (exact) mass is 342 g/mol. The molecule has 0 unspecified atom stereocenters. The fourth-order valence-corrected chi connectivity index (χ4v) is 2.97. The number of aromatic nitrogens is 3. The smallest absolute Gasteiger partial charge is 0.238 e. The van der Waals surface area contributed by atoms with Gasteiger partial charge in [-0.3, -0.25) is 4.79 Å². The predicted octanol–water partition coefficient (Wildman–Crippen LogP) is 3.35. The molecular weight excluding hydrogens is 324 g/mol. The zero-order valence-electron chi connectivity index (χ0n) is 13.5. The Morgan fingerprint density at radius 2 is 2.17 bits per heavy atom. The third kappa shape index (κ3) is 4.05. The molecule has 0 saturated heterocycles. The topological polar surface area (TPSA) is 73.0 Å². The quantitative estimate of drug-likeness (QED) is 0.696. The van der Waals surface area contributed by atoms with E-state index in [2.05, 4.69) is 15.4 Å². The molecule has 0 radical (unpaired) electrons. The van der Waals surface area contributed by atoms with E-state index in [0.29, 0.717) is 12.4 Å². The Morgan fingerprint density at radius 3 is 2.88 bits per heavy atom. The number of nitrogens with zero attached hydrogens (tertiary/aromatic N) is 3. The van der Waals surface area contributed by atoms with Crippen LogP contribution < -0.4 is 5.32 Å². The van der Waals surface area contributed by atoms with Crippen LogP contribution in [0, 0.1) is 6.92 Å². The molecule has 1 amide bonds. The summed E-state index contributed by atoms with van der Waals surface area (Å²) in [6.45, 7) is 4.22. The highest BCUT2D eigenvalue weighted by Crippen LogP contribution is 2.22. The molecular formula is C17H18N4O2S. The second-order valence-corrected chi connectivity index (χ2v) is 6.66. The molecule has 3 aromatic rings. The first kappa shape index (κ1) is 16.3. The number of carbonyl (C=O) groups is 1. The van der Waals surface area contributed by atoms with E-state index in [1.165, 1.54) is 11.8 Å². The van der Waals surface area contributed by atoms with Crippen molar-refractivity contribution in [1.29, 1.82) is 0 Å². The lowest BCUT2D eigenvalue weighted by Crippen LogP contribution is -2.24. The molecule has 0 aliphatic heterocycles. The van der Waals surface area contributed by atoms with Crippen molar-refractivity contribution >= 4 is 23.5 Å². The minimum atomic E-state index is -0.269. The number of furan rings is 1. The molecule has 1 atom stereocenters. The van der Waals surface area contributed by atoms with E-state index in [0.717, 1.165) is 16.5 Å². The Balaban J connectivity index is 1.63. The summed E-state index contributed by atoms with van der Waals surface area (Å²) in [6, 6.07) is 11.2. The third-order valence-corrected chi connectivity index (χ3v) is 4.42. The van der Waals surface area contributed by atoms with Crippen LogP contribution in [0.3, 0.4) is 0 Å². The van der Waals surface area contributed by atoms with E-state index in [1.807, 2.05) is 44.2 Å². The molecule has 0 saturated carbocycles. The largest absolute Gasteiger partial charge is 0.464 e. The van der Waals surface area contributed by atoms with Crippen molar-refractivity contribution in [2.45, 2.75) is 30.7 Å². The maximum Gasteiger partial charge on any atom is 0.238 e. The molecule has 124 valence electrons. The number of thioether (sulfide) groups is 1. The normalized spacial score (nSPS) is 12.1. The van der Waals surface area contributed by atoms with Crippen LogP contribution >= 0.6 is 11.8 Å². The lowest BCUT2D eigenvalue weighted by atomic mass is 10.4. The number of rotatable bonds is 6. The van der Waals surface area contributed by atoms with Gasteiger partial charge in [0.1, 0.15) is 23.9 Å². The molecule has 3 rings (SSSR count). The van der Waals surface area contributed by atoms with Crippen LogP contribution in [0.2, 0.25) is 0 Å². The maximum absolute atomic E-state index is 12.4. The number of pyridine rings is 1. The van der Waals surface area contributed by atoms with Crippen molar-refractivity contribution in [1.82, 2.24) is 14.8 Å². The predicted molar refractivity (Wildman–Crippen MR) is 93.0 cm³/mol. The van der Waals surface area contributed by atoms with E-state index in [4.69, 9.17) is 4.42 Å². The van der Waals surface area contributed by atoms with Crippen molar-refractivity contribution in [3.05, 3.63) is 60.3 Å². The summed E-state index contributed by atoms with van der Waals surface area (Å²) in [5.41, 5.74) is 0. The average molecular weight is 342 g/mol. The highest BCUT2D eigenvalue weighted by Gasteiger charge is 2.17. The zero-order valence-corrected chi connectivity index (χ0v) is 14.3. The van der Waals surface area contributed by atoms with Gasteiger partial charge in [-0.1, -0.05) is 17.8 Å². The summed E-state index contributed by atoms with van der Waals surface area (Å²) >= 11 is 1.42. The van der Waals surface area contributed by atoms with Gasteiger partial charge < -0.3 is 9.73 Å². The number of nitrogens with one attached hydrogen (secondary N) is 1. The van der Waals surface area contributed by atoms with Gasteiger partial charge in [0.2, 0.25) is 5.91 Å². The van der Waals surface area contributed by atoms with E-state index >= 15 is 0 Å². The van der Waals surface area contributed by atoms with Gasteiger partial charge in [-0.2, -0.15) is 5.10 Å². The molecule has 3 heterocycles. The third-order valence-electron chi connectivity index (χ3n) is 3.37. The number of aryl methyl sites for hydroxylation is 1. The molecule has 1 N–H and O–H groups in total. The van der Waals surface area contributed by atoms with Crippen LogP contribution in [0.15, 0.2) is 58.2 Å². The first-order valence-electron chi connectivity index (χ1n) is 7.57. The Hall–Kier alpha value is -2.54. The van der Waals surface area contributed by atoms with Crippen molar-refractivity contribution < 1.29 is 9.21 Å². The number of carbonyl (C=O) groups excluding carboxylic acids is 1. The first-order valence-corrected chi connectivity index (χ1v) is 8.45. The lowest BCUT2D eigenvalue weighted by Gasteiger charge is -2.12. The van der Waals surface area contributed by atoms with Crippen LogP contribution in [0.25, 0.3) is 0 Å². The van der Waals surface area contributed by atoms with Gasteiger partial charge in [-0.05, 0) is 38.1 Å². The molecule has 7 heteroatoms. The maximum atomic E-state index is 12.4. The average Bonchev–Trinajstić information content (AvgIpc) is 3.18. The minimum Gasteiger partial charge on any atom is -0.464 e. The summed E-state index contributed by atoms with van der Waals surface area (Å²) in [5, 5.41) is 7.70. The summed E-state index contributed by atoms with van der Waals surface area (Å²) < 4.78 is 7.26. The summed E-state index contributed by atoms with van der Waals surface area (Å²) in [4.78, 5) is 16.6. The number of hydrogen-bond donors (Lipinski definition) is 1. The Morgan fingerprint density at radius 1 is 1.29 bits per heavy atom. The van der Waals surface area contributed by atoms with Crippen molar-refractivity contribution in [2.75, 3.05) is 5.32 Å². The van der Waals surface area contributed by atoms with Gasteiger partial charge >= 0.3 is 0 Å². The van der Waals surface area contributed by atoms with Crippen LogP contribution in [-0.4, -0.2) is 25.9 Å². The van der Waals surface area contributed by atoms with Gasteiger partial charge in [-0.25, -0.2) is 9.67 Å². The SMILES string of the molecule is Cc1ccc(Cn2nccc2NC(=O)[C@@H](C)Sc2ccccn2)o1. The first-order chi connectivity index (χ1) is 11.6. The van der Waals surface area contributed by atoms with Crippen LogP contribution in [0.1, 0.15) is 18.4 Å². The van der Waals surface area contributed by atoms with E-state index in [1.54, 1.807) is 23.1 Å². The Bertz CT molecular complexity index is 813. The molecule has 0 aromatic carbocycles. The molecule has 6 nitrogen and oxygen atoms in total. The fourth-order valence-electron chi connectivity index (χ4n) is 2.16. The van der Waals surface area contributed by atoms with Gasteiger partial charge in [0.25, 0.3) is 0 Å². The van der Waals surface area contributed by atoms with Gasteiger partial charge in [0.05, 0.1) is 16.5 Å². The molecule has 3 aromatic heterocycles.